The van der Waals surface area contributed by atoms with Gasteiger partial charge in [0.15, 0.2) is 5.11 Å². The number of nitrogens with one attached hydrogen (secondary N) is 2. The third kappa shape index (κ3) is 5.52. The van der Waals surface area contributed by atoms with E-state index in [-0.39, 0.29) is 22.7 Å². The van der Waals surface area contributed by atoms with Crippen LogP contribution < -0.4 is 15.4 Å². The molecule has 0 spiro atoms. The van der Waals surface area contributed by atoms with Crippen molar-refractivity contribution >= 4 is 34.9 Å². The van der Waals surface area contributed by atoms with Gasteiger partial charge in [0.25, 0.3) is 5.91 Å². The molecule has 0 radical (unpaired) electrons. The number of benzene rings is 2. The highest BCUT2D eigenvalue weighted by molar-refractivity contribution is 7.80. The Balaban J connectivity index is 2.01. The summed E-state index contributed by atoms with van der Waals surface area (Å²) >= 11 is 5.16. The molecule has 0 saturated carbocycles. The number of ether oxygens (including phenoxy) is 1. The predicted molar refractivity (Wildman–Crippen MR) is 109 cm³/mol. The lowest BCUT2D eigenvalue weighted by Gasteiger charge is -2.14. The van der Waals surface area contributed by atoms with Gasteiger partial charge in [-0.25, -0.2) is 4.79 Å². The van der Waals surface area contributed by atoms with Gasteiger partial charge in [0.1, 0.15) is 5.75 Å². The van der Waals surface area contributed by atoms with Gasteiger partial charge in [0.05, 0.1) is 11.7 Å². The van der Waals surface area contributed by atoms with E-state index >= 15 is 0 Å². The van der Waals surface area contributed by atoms with Crippen LogP contribution in [0.5, 0.6) is 5.75 Å². The van der Waals surface area contributed by atoms with Crippen molar-refractivity contribution in [2.75, 3.05) is 5.32 Å². The van der Waals surface area contributed by atoms with Gasteiger partial charge in [0, 0.05) is 11.3 Å². The van der Waals surface area contributed by atoms with Crippen LogP contribution in [0.1, 0.15) is 46.5 Å². The maximum absolute atomic E-state index is 12.3. The van der Waals surface area contributed by atoms with Crippen molar-refractivity contribution in [3.63, 3.8) is 0 Å². The predicted octanol–water partition coefficient (Wildman–Crippen LogP) is 4.00. The summed E-state index contributed by atoms with van der Waals surface area (Å²) in [7, 11) is 0. The van der Waals surface area contributed by atoms with E-state index in [1.165, 1.54) is 6.07 Å². The standard InChI is InChI=1S/C20H22N2O4S/c1-4-12(2)26-15-10-8-14(9-11-15)18(23)22-20(27)21-17-7-5-6-16(13(17)3)19(24)25/h5-12H,4H2,1-3H3,(H,24,25)(H2,21,22,23,27). The van der Waals surface area contributed by atoms with Crippen molar-refractivity contribution < 1.29 is 19.4 Å². The minimum atomic E-state index is -1.02. The summed E-state index contributed by atoms with van der Waals surface area (Å²) in [5.41, 5.74) is 1.67. The average molecular weight is 386 g/mol. The average Bonchev–Trinajstić information content (AvgIpc) is 2.63. The molecule has 2 rings (SSSR count). The second kappa shape index (κ2) is 9.14. The van der Waals surface area contributed by atoms with Crippen molar-refractivity contribution in [1.29, 1.82) is 0 Å². The molecule has 6 nitrogen and oxygen atoms in total. The third-order valence-electron chi connectivity index (χ3n) is 4.07. The Morgan fingerprint density at radius 2 is 1.85 bits per heavy atom. The molecule has 27 heavy (non-hydrogen) atoms. The van der Waals surface area contributed by atoms with Gasteiger partial charge in [-0.15, -0.1) is 0 Å². The molecule has 2 aromatic carbocycles. The molecule has 1 unspecified atom stereocenters. The molecule has 3 N–H and O–H groups in total. The number of carbonyl (C=O) groups is 2. The van der Waals surface area contributed by atoms with Crippen molar-refractivity contribution in [3.8, 4) is 5.75 Å². The molecule has 2 aromatic rings. The van der Waals surface area contributed by atoms with E-state index < -0.39 is 5.97 Å². The van der Waals surface area contributed by atoms with Gasteiger partial charge < -0.3 is 15.2 Å². The Bertz CT molecular complexity index is 850. The van der Waals surface area contributed by atoms with E-state index in [1.54, 1.807) is 43.3 Å². The summed E-state index contributed by atoms with van der Waals surface area (Å²) in [5, 5.41) is 14.7. The normalized spacial score (nSPS) is 11.4. The summed E-state index contributed by atoms with van der Waals surface area (Å²) in [6.45, 7) is 5.69. The number of amides is 1. The lowest BCUT2D eigenvalue weighted by molar-refractivity contribution is 0.0696. The van der Waals surface area contributed by atoms with Gasteiger partial charge in [-0.1, -0.05) is 13.0 Å². The number of thiocarbonyl (C=S) groups is 1. The molecule has 1 amide bonds. The molecular weight excluding hydrogens is 364 g/mol. The number of aromatic carboxylic acids is 1. The second-order valence-electron chi connectivity index (χ2n) is 6.05. The zero-order chi connectivity index (χ0) is 20.0. The lowest BCUT2D eigenvalue weighted by atomic mass is 10.1. The molecule has 0 aromatic heterocycles. The van der Waals surface area contributed by atoms with Crippen molar-refractivity contribution in [3.05, 3.63) is 59.2 Å². The van der Waals surface area contributed by atoms with Gasteiger partial charge in [0.2, 0.25) is 0 Å². The minimum Gasteiger partial charge on any atom is -0.491 e. The zero-order valence-electron chi connectivity index (χ0n) is 15.4. The van der Waals surface area contributed by atoms with Gasteiger partial charge in [-0.2, -0.15) is 0 Å². The van der Waals surface area contributed by atoms with Crippen LogP contribution >= 0.6 is 12.2 Å². The highest BCUT2D eigenvalue weighted by atomic mass is 32.1. The molecule has 1 atom stereocenters. The monoisotopic (exact) mass is 386 g/mol. The summed E-state index contributed by atoms with van der Waals surface area (Å²) in [5.74, 6) is -0.692. The molecule has 0 saturated heterocycles. The molecule has 142 valence electrons. The number of hydrogen-bond acceptors (Lipinski definition) is 4. The maximum Gasteiger partial charge on any atom is 0.336 e. The first-order valence-electron chi connectivity index (χ1n) is 8.53. The van der Waals surface area contributed by atoms with Crippen molar-refractivity contribution in [2.45, 2.75) is 33.3 Å². The number of rotatable bonds is 6. The molecular formula is C20H22N2O4S. The van der Waals surface area contributed by atoms with Crippen LogP contribution in [0, 0.1) is 6.92 Å². The van der Waals surface area contributed by atoms with Crippen LogP contribution in [-0.2, 0) is 0 Å². The highest BCUT2D eigenvalue weighted by Gasteiger charge is 2.13. The molecule has 0 heterocycles. The van der Waals surface area contributed by atoms with Crippen LogP contribution in [0.15, 0.2) is 42.5 Å². The molecule has 0 bridgehead atoms. The third-order valence-corrected chi connectivity index (χ3v) is 4.27. The quantitative estimate of drug-likeness (QED) is 0.651. The number of hydrogen-bond donors (Lipinski definition) is 3. The molecule has 0 aliphatic carbocycles. The first-order chi connectivity index (χ1) is 12.8. The number of carbonyl (C=O) groups excluding carboxylic acids is 1. The zero-order valence-corrected chi connectivity index (χ0v) is 16.2. The first kappa shape index (κ1) is 20.4. The Labute approximate surface area is 163 Å². The number of carboxylic acid groups (broad SMARTS) is 1. The summed E-state index contributed by atoms with van der Waals surface area (Å²) < 4.78 is 5.68. The fourth-order valence-electron chi connectivity index (χ4n) is 2.33. The van der Waals surface area contributed by atoms with Crippen LogP contribution in [0.25, 0.3) is 0 Å². The van der Waals surface area contributed by atoms with E-state index in [9.17, 15) is 14.7 Å². The second-order valence-corrected chi connectivity index (χ2v) is 6.46. The smallest absolute Gasteiger partial charge is 0.336 e. The lowest BCUT2D eigenvalue weighted by Crippen LogP contribution is -2.34. The summed E-state index contributed by atoms with van der Waals surface area (Å²) in [6.07, 6.45) is 0.997. The van der Waals surface area contributed by atoms with E-state index in [0.29, 0.717) is 22.6 Å². The SMILES string of the molecule is CCC(C)Oc1ccc(C(=O)NC(=S)Nc2cccc(C(=O)O)c2C)cc1. The van der Waals surface area contributed by atoms with Crippen LogP contribution in [0.4, 0.5) is 5.69 Å². The maximum atomic E-state index is 12.3. The molecule has 0 fully saturated rings. The van der Waals surface area contributed by atoms with E-state index in [4.69, 9.17) is 17.0 Å². The Morgan fingerprint density at radius 1 is 1.19 bits per heavy atom. The largest absolute Gasteiger partial charge is 0.491 e. The molecule has 0 aliphatic rings. The molecule has 0 aliphatic heterocycles. The summed E-state index contributed by atoms with van der Waals surface area (Å²) in [4.78, 5) is 23.5. The fraction of sp³-hybridized carbons (Fsp3) is 0.250. The number of anilines is 1. The van der Waals surface area contributed by atoms with E-state index in [1.807, 2.05) is 13.8 Å². The summed E-state index contributed by atoms with van der Waals surface area (Å²) in [6, 6.07) is 11.6. The van der Waals surface area contributed by atoms with Crippen LogP contribution in [0.2, 0.25) is 0 Å². The topological polar surface area (TPSA) is 87.7 Å². The molecule has 7 heteroatoms. The fourth-order valence-corrected chi connectivity index (χ4v) is 2.53. The number of carboxylic acids is 1. The minimum absolute atomic E-state index is 0.0885. The van der Waals surface area contributed by atoms with Gasteiger partial charge in [-0.05, 0) is 74.4 Å². The van der Waals surface area contributed by atoms with Crippen LogP contribution in [0.3, 0.4) is 0 Å². The van der Waals surface area contributed by atoms with E-state index in [2.05, 4.69) is 10.6 Å². The Hall–Kier alpha value is -2.93. The van der Waals surface area contributed by atoms with Crippen molar-refractivity contribution in [2.24, 2.45) is 0 Å². The van der Waals surface area contributed by atoms with Gasteiger partial charge in [-0.3, -0.25) is 10.1 Å². The first-order valence-corrected chi connectivity index (χ1v) is 8.94. The highest BCUT2D eigenvalue weighted by Crippen LogP contribution is 2.19. The Morgan fingerprint density at radius 3 is 2.44 bits per heavy atom. The van der Waals surface area contributed by atoms with Crippen LogP contribution in [-0.4, -0.2) is 28.2 Å². The Kier molecular flexibility index (Phi) is 6.90. The van der Waals surface area contributed by atoms with Gasteiger partial charge >= 0.3 is 5.97 Å². The van der Waals surface area contributed by atoms with E-state index in [0.717, 1.165) is 6.42 Å². The van der Waals surface area contributed by atoms with Crippen molar-refractivity contribution in [1.82, 2.24) is 5.32 Å².